The average molecular weight is 208 g/mol. The number of hydrogen-bond acceptors (Lipinski definition) is 2. The summed E-state index contributed by atoms with van der Waals surface area (Å²) in [6.45, 7) is 0. The van der Waals surface area contributed by atoms with Crippen molar-refractivity contribution >= 4 is 0 Å². The molecule has 2 aliphatic carbocycles. The first-order valence-electron chi connectivity index (χ1n) is 6.51. The monoisotopic (exact) mass is 208 g/mol. The Morgan fingerprint density at radius 2 is 0.933 bits per heavy atom. The van der Waals surface area contributed by atoms with Crippen LogP contribution in [0.1, 0.15) is 51.4 Å². The summed E-state index contributed by atoms with van der Waals surface area (Å²) in [5.41, 5.74) is 11.8. The molecule has 2 saturated carbocycles. The van der Waals surface area contributed by atoms with Crippen molar-refractivity contribution in [2.24, 2.45) is 23.3 Å². The lowest BCUT2D eigenvalue weighted by atomic mass is 9.76. The summed E-state index contributed by atoms with van der Waals surface area (Å²) in [6, 6.07) is 0.922. The highest BCUT2D eigenvalue weighted by Crippen LogP contribution is 2.33. The van der Waals surface area contributed by atoms with Gasteiger partial charge in [0.2, 0.25) is 0 Å². The summed E-state index contributed by atoms with van der Waals surface area (Å²) in [5.74, 6) is 1.45. The minimum atomic E-state index is 0.461. The summed E-state index contributed by atoms with van der Waals surface area (Å²) in [4.78, 5) is 0. The van der Waals surface area contributed by atoms with Crippen molar-refractivity contribution in [2.45, 2.75) is 63.5 Å². The van der Waals surface area contributed by atoms with E-state index in [1.165, 1.54) is 51.4 Å². The van der Waals surface area contributed by atoms with E-state index in [9.17, 15) is 0 Å². The zero-order chi connectivity index (χ0) is 10.7. The fourth-order valence-electron chi connectivity index (χ4n) is 2.91. The van der Waals surface area contributed by atoms with Gasteiger partial charge in [-0.15, -0.1) is 0 Å². The molecule has 0 saturated heterocycles. The van der Waals surface area contributed by atoms with Gasteiger partial charge in [0.15, 0.2) is 0 Å². The Kier molecular flexibility index (Phi) is 4.04. The average Bonchev–Trinajstić information content (AvgIpc) is 2.25. The van der Waals surface area contributed by atoms with Gasteiger partial charge in [-0.05, 0) is 69.6 Å². The molecule has 0 aliphatic heterocycles. The molecule has 2 heteroatoms. The van der Waals surface area contributed by atoms with Crippen LogP contribution in [0.2, 0.25) is 0 Å². The van der Waals surface area contributed by atoms with E-state index in [-0.39, 0.29) is 0 Å². The van der Waals surface area contributed by atoms with Crippen LogP contribution in [0.5, 0.6) is 0 Å². The molecule has 0 atom stereocenters. The third-order valence-corrected chi connectivity index (χ3v) is 4.02. The van der Waals surface area contributed by atoms with Gasteiger partial charge >= 0.3 is 0 Å². The second-order valence-corrected chi connectivity index (χ2v) is 5.39. The van der Waals surface area contributed by atoms with Crippen LogP contribution in [0.15, 0.2) is 0 Å². The third-order valence-electron chi connectivity index (χ3n) is 4.02. The standard InChI is InChI=1S/C13H24N2/c14-12-5-1-10(2-6-12)9-11-3-7-13(15)8-4-11/h10-13H,1-8,14-15H2. The minimum absolute atomic E-state index is 0.461. The Bertz CT molecular complexity index is 157. The van der Waals surface area contributed by atoms with Crippen molar-refractivity contribution in [3.05, 3.63) is 6.42 Å². The second-order valence-electron chi connectivity index (χ2n) is 5.39. The van der Waals surface area contributed by atoms with Gasteiger partial charge in [0.25, 0.3) is 0 Å². The lowest BCUT2D eigenvalue weighted by Crippen LogP contribution is -2.30. The lowest BCUT2D eigenvalue weighted by Gasteiger charge is -2.31. The summed E-state index contributed by atoms with van der Waals surface area (Å²) in [7, 11) is 0. The normalized spacial score (nSPS) is 42.8. The summed E-state index contributed by atoms with van der Waals surface area (Å²) >= 11 is 0. The predicted octanol–water partition coefficient (Wildman–Crippen LogP) is 2.10. The molecule has 4 N–H and O–H groups in total. The van der Waals surface area contributed by atoms with Crippen molar-refractivity contribution < 1.29 is 0 Å². The largest absolute Gasteiger partial charge is 0.328 e. The van der Waals surface area contributed by atoms with Crippen LogP contribution < -0.4 is 11.5 Å². The van der Waals surface area contributed by atoms with Gasteiger partial charge in [-0.1, -0.05) is 0 Å². The van der Waals surface area contributed by atoms with Crippen molar-refractivity contribution in [1.82, 2.24) is 0 Å². The molecule has 0 spiro atoms. The van der Waals surface area contributed by atoms with Crippen LogP contribution in [0, 0.1) is 18.3 Å². The molecule has 0 unspecified atom stereocenters. The van der Waals surface area contributed by atoms with Gasteiger partial charge in [-0.25, -0.2) is 0 Å². The van der Waals surface area contributed by atoms with Gasteiger partial charge in [-0.3, -0.25) is 0 Å². The summed E-state index contributed by atoms with van der Waals surface area (Å²) in [5, 5.41) is 0. The molecule has 2 fully saturated rings. The molecule has 2 radical (unpaired) electrons. The molecule has 2 aliphatic rings. The maximum absolute atomic E-state index is 5.90. The van der Waals surface area contributed by atoms with E-state index in [1.54, 1.807) is 0 Å². The molecular formula is C13H24N2. The summed E-state index contributed by atoms with van der Waals surface area (Å²) in [6.07, 6.45) is 13.7. The van der Waals surface area contributed by atoms with Crippen molar-refractivity contribution in [1.29, 1.82) is 0 Å². The molecule has 86 valence electrons. The first-order chi connectivity index (χ1) is 7.24. The van der Waals surface area contributed by atoms with E-state index in [2.05, 4.69) is 6.42 Å². The van der Waals surface area contributed by atoms with Crippen LogP contribution in [0.25, 0.3) is 0 Å². The Hall–Kier alpha value is -0.0800. The Morgan fingerprint density at radius 1 is 0.600 bits per heavy atom. The van der Waals surface area contributed by atoms with E-state index in [0.29, 0.717) is 12.1 Å². The van der Waals surface area contributed by atoms with Crippen LogP contribution in [-0.2, 0) is 0 Å². The zero-order valence-electron chi connectivity index (χ0n) is 9.62. The van der Waals surface area contributed by atoms with Gasteiger partial charge in [0.05, 0.1) is 0 Å². The zero-order valence-corrected chi connectivity index (χ0v) is 9.62. The molecule has 2 nitrogen and oxygen atoms in total. The second kappa shape index (κ2) is 5.31. The van der Waals surface area contributed by atoms with Crippen LogP contribution in [0.3, 0.4) is 0 Å². The fraction of sp³-hybridized carbons (Fsp3) is 0.923. The molecule has 0 amide bonds. The SMILES string of the molecule is NC1CCC([C]C2CCC(N)CC2)CC1. The van der Waals surface area contributed by atoms with E-state index in [0.717, 1.165) is 11.8 Å². The highest BCUT2D eigenvalue weighted by Gasteiger charge is 2.25. The Balaban J connectivity index is 1.68. The van der Waals surface area contributed by atoms with E-state index >= 15 is 0 Å². The quantitative estimate of drug-likeness (QED) is 0.730. The predicted molar refractivity (Wildman–Crippen MR) is 63.1 cm³/mol. The van der Waals surface area contributed by atoms with Crippen molar-refractivity contribution in [2.75, 3.05) is 0 Å². The van der Waals surface area contributed by atoms with Gasteiger partial charge < -0.3 is 11.5 Å². The van der Waals surface area contributed by atoms with E-state index in [4.69, 9.17) is 11.5 Å². The Morgan fingerprint density at radius 3 is 1.27 bits per heavy atom. The third kappa shape index (κ3) is 3.46. The minimum Gasteiger partial charge on any atom is -0.328 e. The molecule has 0 aromatic rings. The molecule has 2 rings (SSSR count). The lowest BCUT2D eigenvalue weighted by molar-refractivity contribution is 0.291. The smallest absolute Gasteiger partial charge is 0.00390 e. The van der Waals surface area contributed by atoms with Crippen molar-refractivity contribution in [3.63, 3.8) is 0 Å². The topological polar surface area (TPSA) is 52.0 Å². The highest BCUT2D eigenvalue weighted by molar-refractivity contribution is 4.90. The molecule has 0 heterocycles. The first-order valence-corrected chi connectivity index (χ1v) is 6.51. The van der Waals surface area contributed by atoms with Crippen LogP contribution in [-0.4, -0.2) is 12.1 Å². The van der Waals surface area contributed by atoms with Gasteiger partial charge in [0.1, 0.15) is 0 Å². The van der Waals surface area contributed by atoms with E-state index in [1.807, 2.05) is 0 Å². The van der Waals surface area contributed by atoms with Crippen molar-refractivity contribution in [3.8, 4) is 0 Å². The molecule has 15 heavy (non-hydrogen) atoms. The van der Waals surface area contributed by atoms with Gasteiger partial charge in [0, 0.05) is 12.1 Å². The first kappa shape index (κ1) is 11.4. The van der Waals surface area contributed by atoms with Crippen LogP contribution >= 0.6 is 0 Å². The van der Waals surface area contributed by atoms with Crippen LogP contribution in [0.4, 0.5) is 0 Å². The van der Waals surface area contributed by atoms with E-state index < -0.39 is 0 Å². The summed E-state index contributed by atoms with van der Waals surface area (Å²) < 4.78 is 0. The maximum atomic E-state index is 5.90. The molecule has 0 aromatic carbocycles. The number of nitrogens with two attached hydrogens (primary N) is 2. The molecule has 0 bridgehead atoms. The maximum Gasteiger partial charge on any atom is 0.00390 e. The fourth-order valence-corrected chi connectivity index (χ4v) is 2.91. The molecule has 0 aromatic heterocycles. The number of hydrogen-bond donors (Lipinski definition) is 2. The number of rotatable bonds is 2. The van der Waals surface area contributed by atoms with Gasteiger partial charge in [-0.2, -0.15) is 0 Å². The molecular weight excluding hydrogens is 184 g/mol. The highest BCUT2D eigenvalue weighted by atomic mass is 14.6. The Labute approximate surface area is 93.8 Å².